The van der Waals surface area contributed by atoms with Crippen LogP contribution < -0.4 is 0 Å². The van der Waals surface area contributed by atoms with E-state index in [-0.39, 0.29) is 5.91 Å². The summed E-state index contributed by atoms with van der Waals surface area (Å²) in [5.74, 6) is -1.10. The van der Waals surface area contributed by atoms with E-state index in [0.29, 0.717) is 13.0 Å². The third-order valence-electron chi connectivity index (χ3n) is 3.32. The fourth-order valence-corrected chi connectivity index (χ4v) is 2.29. The minimum atomic E-state index is -0.926. The first kappa shape index (κ1) is 12.6. The lowest BCUT2D eigenvalue weighted by Gasteiger charge is -2.24. The minimum absolute atomic E-state index is 0.178. The molecule has 1 aliphatic heterocycles. The number of nitrogens with zero attached hydrogens (tertiary/aromatic N) is 3. The molecule has 1 saturated heterocycles. The van der Waals surface area contributed by atoms with Crippen LogP contribution in [-0.4, -0.2) is 44.3 Å². The number of likely N-dealkylation sites (tertiary alicyclic amines) is 1. The number of aliphatic carboxylic acids is 1. The van der Waals surface area contributed by atoms with Gasteiger partial charge in [0.2, 0.25) is 5.91 Å². The second-order valence-electron chi connectivity index (χ2n) is 4.64. The Labute approximate surface area is 105 Å². The van der Waals surface area contributed by atoms with Crippen molar-refractivity contribution in [2.45, 2.75) is 38.8 Å². The second kappa shape index (κ2) is 4.80. The first-order valence-corrected chi connectivity index (χ1v) is 6.05. The number of aryl methyl sites for hydroxylation is 1. The van der Waals surface area contributed by atoms with Crippen molar-refractivity contribution in [3.8, 4) is 0 Å². The molecule has 6 nitrogen and oxygen atoms in total. The number of carbonyl (C=O) groups excluding carboxylic acids is 1. The van der Waals surface area contributed by atoms with Gasteiger partial charge in [0.05, 0.1) is 5.69 Å². The number of amides is 1. The zero-order valence-corrected chi connectivity index (χ0v) is 10.5. The fourth-order valence-electron chi connectivity index (χ4n) is 2.29. The van der Waals surface area contributed by atoms with Crippen LogP contribution >= 0.6 is 0 Å². The number of rotatable bonds is 3. The number of carboxylic acids is 1. The number of hydrogen-bond acceptors (Lipinski definition) is 3. The molecule has 1 aromatic rings. The molecular weight excluding hydrogens is 234 g/mol. The van der Waals surface area contributed by atoms with E-state index in [1.165, 1.54) is 4.90 Å². The van der Waals surface area contributed by atoms with Gasteiger partial charge in [0.1, 0.15) is 12.1 Å². The zero-order chi connectivity index (χ0) is 13.3. The van der Waals surface area contributed by atoms with Crippen molar-refractivity contribution in [2.24, 2.45) is 0 Å². The van der Waals surface area contributed by atoms with Crippen LogP contribution in [0.25, 0.3) is 0 Å². The summed E-state index contributed by atoms with van der Waals surface area (Å²) < 4.78 is 1.58. The third kappa shape index (κ3) is 2.23. The molecule has 0 aliphatic carbocycles. The van der Waals surface area contributed by atoms with Gasteiger partial charge in [-0.25, -0.2) is 4.79 Å². The van der Waals surface area contributed by atoms with Crippen LogP contribution in [0.15, 0.2) is 12.3 Å². The summed E-state index contributed by atoms with van der Waals surface area (Å²) in [4.78, 5) is 24.8. The van der Waals surface area contributed by atoms with E-state index in [1.54, 1.807) is 17.8 Å². The molecule has 1 aromatic heterocycles. The van der Waals surface area contributed by atoms with Crippen molar-refractivity contribution in [3.05, 3.63) is 18.0 Å². The molecule has 0 aromatic carbocycles. The van der Waals surface area contributed by atoms with Crippen LogP contribution in [0.3, 0.4) is 0 Å². The van der Waals surface area contributed by atoms with Gasteiger partial charge in [-0.15, -0.1) is 0 Å². The molecule has 18 heavy (non-hydrogen) atoms. The topological polar surface area (TPSA) is 75.4 Å². The number of hydrogen-bond donors (Lipinski definition) is 1. The highest BCUT2D eigenvalue weighted by Crippen LogP contribution is 2.21. The Balaban J connectivity index is 2.13. The first-order valence-electron chi connectivity index (χ1n) is 6.05. The van der Waals surface area contributed by atoms with E-state index < -0.39 is 18.1 Å². The lowest BCUT2D eigenvalue weighted by molar-refractivity contribution is -0.149. The monoisotopic (exact) mass is 251 g/mol. The second-order valence-corrected chi connectivity index (χ2v) is 4.64. The molecule has 1 aliphatic rings. The highest BCUT2D eigenvalue weighted by atomic mass is 16.4. The molecule has 1 amide bonds. The summed E-state index contributed by atoms with van der Waals surface area (Å²) in [5.41, 5.74) is 0.839. The number of carboxylic acid groups (broad SMARTS) is 1. The average Bonchev–Trinajstić information content (AvgIpc) is 2.95. The molecule has 2 heterocycles. The minimum Gasteiger partial charge on any atom is -0.480 e. The predicted octanol–water partition coefficient (Wildman–Crippen LogP) is 0.828. The molecule has 98 valence electrons. The Bertz CT molecular complexity index is 469. The van der Waals surface area contributed by atoms with E-state index in [4.69, 9.17) is 5.11 Å². The zero-order valence-electron chi connectivity index (χ0n) is 10.5. The van der Waals surface area contributed by atoms with E-state index in [1.807, 2.05) is 13.0 Å². The maximum atomic E-state index is 12.3. The summed E-state index contributed by atoms with van der Waals surface area (Å²) in [6.45, 7) is 4.11. The van der Waals surface area contributed by atoms with Crippen molar-refractivity contribution in [1.29, 1.82) is 0 Å². The van der Waals surface area contributed by atoms with Gasteiger partial charge in [-0.05, 0) is 32.8 Å². The Morgan fingerprint density at radius 3 is 2.83 bits per heavy atom. The van der Waals surface area contributed by atoms with Crippen LogP contribution in [0.1, 0.15) is 31.5 Å². The maximum Gasteiger partial charge on any atom is 0.326 e. The molecule has 6 heteroatoms. The first-order chi connectivity index (χ1) is 8.50. The van der Waals surface area contributed by atoms with Crippen molar-refractivity contribution in [1.82, 2.24) is 14.7 Å². The summed E-state index contributed by atoms with van der Waals surface area (Å²) in [6, 6.07) is 0.679. The maximum absolute atomic E-state index is 12.3. The van der Waals surface area contributed by atoms with Crippen LogP contribution in [0, 0.1) is 6.92 Å². The summed E-state index contributed by atoms with van der Waals surface area (Å²) in [6.07, 6.45) is 3.02. The Kier molecular flexibility index (Phi) is 3.36. The van der Waals surface area contributed by atoms with Gasteiger partial charge in [0.15, 0.2) is 0 Å². The quantitative estimate of drug-likeness (QED) is 0.863. The molecule has 0 radical (unpaired) electrons. The van der Waals surface area contributed by atoms with Crippen molar-refractivity contribution in [3.63, 3.8) is 0 Å². The standard InChI is InChI=1S/C12H17N3O3/c1-8-5-7-15(13-8)9(2)11(16)14-6-3-4-10(14)12(17)18/h5,7,9-10H,3-4,6H2,1-2H3,(H,17,18)/t9?,10-/m1/s1. The summed E-state index contributed by atoms with van der Waals surface area (Å²) in [7, 11) is 0. The molecule has 1 unspecified atom stereocenters. The van der Waals surface area contributed by atoms with Gasteiger partial charge in [-0.2, -0.15) is 5.10 Å². The lowest BCUT2D eigenvalue weighted by atomic mass is 10.2. The van der Waals surface area contributed by atoms with Crippen molar-refractivity contribution in [2.75, 3.05) is 6.54 Å². The molecule has 0 bridgehead atoms. The molecule has 1 fully saturated rings. The van der Waals surface area contributed by atoms with E-state index in [0.717, 1.165) is 12.1 Å². The van der Waals surface area contributed by atoms with Gasteiger partial charge < -0.3 is 10.0 Å². The van der Waals surface area contributed by atoms with E-state index in [2.05, 4.69) is 5.10 Å². The fraction of sp³-hybridized carbons (Fsp3) is 0.583. The molecule has 0 saturated carbocycles. The Hall–Kier alpha value is -1.85. The van der Waals surface area contributed by atoms with Gasteiger partial charge >= 0.3 is 5.97 Å². The summed E-state index contributed by atoms with van der Waals surface area (Å²) in [5, 5.41) is 13.3. The van der Waals surface area contributed by atoms with Crippen LogP contribution in [0.2, 0.25) is 0 Å². The smallest absolute Gasteiger partial charge is 0.326 e. The molecule has 2 atom stereocenters. The van der Waals surface area contributed by atoms with E-state index >= 15 is 0 Å². The number of carbonyl (C=O) groups is 2. The normalized spacial score (nSPS) is 21.0. The van der Waals surface area contributed by atoms with Gasteiger partial charge in [-0.3, -0.25) is 9.48 Å². The molecular formula is C12H17N3O3. The van der Waals surface area contributed by atoms with Gasteiger partial charge in [0.25, 0.3) is 0 Å². The Morgan fingerprint density at radius 2 is 2.28 bits per heavy atom. The van der Waals surface area contributed by atoms with Crippen molar-refractivity contribution >= 4 is 11.9 Å². The van der Waals surface area contributed by atoms with Crippen LogP contribution in [0.5, 0.6) is 0 Å². The highest BCUT2D eigenvalue weighted by Gasteiger charge is 2.36. The largest absolute Gasteiger partial charge is 0.480 e. The van der Waals surface area contributed by atoms with Crippen LogP contribution in [-0.2, 0) is 9.59 Å². The highest BCUT2D eigenvalue weighted by molar-refractivity contribution is 5.86. The predicted molar refractivity (Wildman–Crippen MR) is 64.0 cm³/mol. The van der Waals surface area contributed by atoms with Crippen LogP contribution in [0.4, 0.5) is 0 Å². The molecule has 2 rings (SSSR count). The summed E-state index contributed by atoms with van der Waals surface area (Å²) >= 11 is 0. The number of aromatic nitrogens is 2. The van der Waals surface area contributed by atoms with Gasteiger partial charge in [-0.1, -0.05) is 0 Å². The third-order valence-corrected chi connectivity index (χ3v) is 3.32. The molecule has 0 spiro atoms. The molecule has 1 N–H and O–H groups in total. The lowest BCUT2D eigenvalue weighted by Crippen LogP contribution is -2.43. The van der Waals surface area contributed by atoms with E-state index in [9.17, 15) is 9.59 Å². The average molecular weight is 251 g/mol. The Morgan fingerprint density at radius 1 is 1.56 bits per heavy atom. The SMILES string of the molecule is Cc1ccn(C(C)C(=O)N2CCC[C@@H]2C(=O)O)n1. The van der Waals surface area contributed by atoms with Gasteiger partial charge in [0, 0.05) is 12.7 Å². The van der Waals surface area contributed by atoms with Crippen molar-refractivity contribution < 1.29 is 14.7 Å².